The fraction of sp³-hybridized carbons (Fsp3) is 0.800. The molecule has 1 rings (SSSR count). The SMILES string of the molecule is CC#CCNC(COC)C1CC1. The molecule has 68 valence electrons. The lowest BCUT2D eigenvalue weighted by molar-refractivity contribution is 0.160. The summed E-state index contributed by atoms with van der Waals surface area (Å²) in [7, 11) is 1.75. The van der Waals surface area contributed by atoms with Crippen LogP contribution in [0.15, 0.2) is 0 Å². The minimum absolute atomic E-state index is 0.524. The first-order valence-electron chi connectivity index (χ1n) is 4.50. The van der Waals surface area contributed by atoms with Gasteiger partial charge in [-0.3, -0.25) is 0 Å². The Morgan fingerprint density at radius 3 is 2.83 bits per heavy atom. The molecule has 1 saturated carbocycles. The summed E-state index contributed by atoms with van der Waals surface area (Å²) in [5.41, 5.74) is 0. The molecule has 1 fully saturated rings. The summed E-state index contributed by atoms with van der Waals surface area (Å²) in [6.45, 7) is 3.47. The molecule has 2 heteroatoms. The maximum absolute atomic E-state index is 5.13. The van der Waals surface area contributed by atoms with Crippen molar-refractivity contribution in [1.29, 1.82) is 0 Å². The zero-order valence-corrected chi connectivity index (χ0v) is 7.89. The predicted molar refractivity (Wildman–Crippen MR) is 49.8 cm³/mol. The molecule has 0 spiro atoms. The van der Waals surface area contributed by atoms with Crippen LogP contribution in [-0.2, 0) is 4.74 Å². The first kappa shape index (κ1) is 9.57. The van der Waals surface area contributed by atoms with E-state index < -0.39 is 0 Å². The number of methoxy groups -OCH3 is 1. The molecule has 0 aromatic heterocycles. The fourth-order valence-corrected chi connectivity index (χ4v) is 1.31. The molecular weight excluding hydrogens is 150 g/mol. The summed E-state index contributed by atoms with van der Waals surface area (Å²) in [5.74, 6) is 6.71. The van der Waals surface area contributed by atoms with Crippen LogP contribution in [-0.4, -0.2) is 26.3 Å². The average molecular weight is 167 g/mol. The van der Waals surface area contributed by atoms with Gasteiger partial charge in [-0.05, 0) is 25.7 Å². The molecule has 2 nitrogen and oxygen atoms in total. The molecule has 1 N–H and O–H groups in total. The molecule has 0 aromatic rings. The van der Waals surface area contributed by atoms with Crippen molar-refractivity contribution in [3.05, 3.63) is 0 Å². The van der Waals surface area contributed by atoms with Gasteiger partial charge in [0.1, 0.15) is 0 Å². The Labute approximate surface area is 74.7 Å². The third-order valence-corrected chi connectivity index (χ3v) is 2.17. The minimum Gasteiger partial charge on any atom is -0.383 e. The molecule has 1 unspecified atom stereocenters. The monoisotopic (exact) mass is 167 g/mol. The molecule has 0 radical (unpaired) electrons. The van der Waals surface area contributed by atoms with Crippen molar-refractivity contribution in [3.63, 3.8) is 0 Å². The van der Waals surface area contributed by atoms with Gasteiger partial charge in [-0.25, -0.2) is 0 Å². The van der Waals surface area contributed by atoms with Gasteiger partial charge in [-0.15, -0.1) is 5.92 Å². The van der Waals surface area contributed by atoms with Crippen LogP contribution in [0.2, 0.25) is 0 Å². The zero-order chi connectivity index (χ0) is 8.81. The topological polar surface area (TPSA) is 21.3 Å². The van der Waals surface area contributed by atoms with Gasteiger partial charge in [0.15, 0.2) is 0 Å². The van der Waals surface area contributed by atoms with Gasteiger partial charge >= 0.3 is 0 Å². The Morgan fingerprint density at radius 1 is 1.58 bits per heavy atom. The van der Waals surface area contributed by atoms with Gasteiger partial charge in [0.05, 0.1) is 13.2 Å². The number of hydrogen-bond donors (Lipinski definition) is 1. The van der Waals surface area contributed by atoms with Gasteiger partial charge < -0.3 is 10.1 Å². The van der Waals surface area contributed by atoms with Gasteiger partial charge in [0, 0.05) is 13.2 Å². The molecular formula is C10H17NO. The van der Waals surface area contributed by atoms with Gasteiger partial charge in [-0.1, -0.05) is 5.92 Å². The number of hydrogen-bond acceptors (Lipinski definition) is 2. The Hall–Kier alpha value is -0.520. The lowest BCUT2D eigenvalue weighted by atomic mass is 10.2. The van der Waals surface area contributed by atoms with E-state index in [1.807, 2.05) is 6.92 Å². The quantitative estimate of drug-likeness (QED) is 0.617. The summed E-state index contributed by atoms with van der Waals surface area (Å²) in [6.07, 6.45) is 2.70. The lowest BCUT2D eigenvalue weighted by Gasteiger charge is -2.14. The first-order chi connectivity index (χ1) is 5.88. The Kier molecular flexibility index (Phi) is 4.13. The maximum atomic E-state index is 5.13. The van der Waals surface area contributed by atoms with Crippen LogP contribution in [0.25, 0.3) is 0 Å². The van der Waals surface area contributed by atoms with E-state index in [4.69, 9.17) is 4.74 Å². The van der Waals surface area contributed by atoms with Gasteiger partial charge in [-0.2, -0.15) is 0 Å². The van der Waals surface area contributed by atoms with Crippen molar-refractivity contribution in [3.8, 4) is 11.8 Å². The Morgan fingerprint density at radius 2 is 2.33 bits per heavy atom. The highest BCUT2D eigenvalue weighted by molar-refractivity contribution is 4.99. The number of nitrogens with one attached hydrogen (secondary N) is 1. The molecule has 0 aromatic carbocycles. The number of ether oxygens (including phenoxy) is 1. The predicted octanol–water partition coefficient (Wildman–Crippen LogP) is 1.02. The molecule has 12 heavy (non-hydrogen) atoms. The van der Waals surface area contributed by atoms with Crippen LogP contribution in [0.1, 0.15) is 19.8 Å². The Balaban J connectivity index is 2.16. The summed E-state index contributed by atoms with van der Waals surface area (Å²) in [6, 6.07) is 0.524. The number of rotatable bonds is 5. The molecule has 1 atom stereocenters. The van der Waals surface area contributed by atoms with Crippen LogP contribution in [0.5, 0.6) is 0 Å². The molecule has 0 aliphatic heterocycles. The van der Waals surface area contributed by atoms with Crippen LogP contribution in [0, 0.1) is 17.8 Å². The van der Waals surface area contributed by atoms with E-state index in [0.717, 1.165) is 19.1 Å². The van der Waals surface area contributed by atoms with Crippen LogP contribution < -0.4 is 5.32 Å². The smallest absolute Gasteiger partial charge is 0.0618 e. The van der Waals surface area contributed by atoms with E-state index in [2.05, 4.69) is 17.2 Å². The molecule has 1 aliphatic rings. The van der Waals surface area contributed by atoms with Crippen molar-refractivity contribution in [2.24, 2.45) is 5.92 Å². The second-order valence-electron chi connectivity index (χ2n) is 3.21. The van der Waals surface area contributed by atoms with Crippen molar-refractivity contribution in [2.45, 2.75) is 25.8 Å². The van der Waals surface area contributed by atoms with Crippen molar-refractivity contribution < 1.29 is 4.74 Å². The summed E-state index contributed by atoms with van der Waals surface area (Å²) < 4.78 is 5.13. The third kappa shape index (κ3) is 3.25. The summed E-state index contributed by atoms with van der Waals surface area (Å²) in [5, 5.41) is 3.38. The second-order valence-corrected chi connectivity index (χ2v) is 3.21. The molecule has 1 aliphatic carbocycles. The van der Waals surface area contributed by atoms with E-state index in [9.17, 15) is 0 Å². The minimum atomic E-state index is 0.524. The highest BCUT2D eigenvalue weighted by Crippen LogP contribution is 2.32. The van der Waals surface area contributed by atoms with E-state index in [1.54, 1.807) is 7.11 Å². The van der Waals surface area contributed by atoms with E-state index >= 15 is 0 Å². The lowest BCUT2D eigenvalue weighted by Crippen LogP contribution is -2.35. The molecule has 0 saturated heterocycles. The van der Waals surface area contributed by atoms with Crippen molar-refractivity contribution >= 4 is 0 Å². The zero-order valence-electron chi connectivity index (χ0n) is 7.89. The van der Waals surface area contributed by atoms with Crippen molar-refractivity contribution in [1.82, 2.24) is 5.32 Å². The van der Waals surface area contributed by atoms with Crippen LogP contribution in [0.3, 0.4) is 0 Å². The van der Waals surface area contributed by atoms with E-state index in [0.29, 0.717) is 6.04 Å². The highest BCUT2D eigenvalue weighted by Gasteiger charge is 2.30. The second kappa shape index (κ2) is 5.18. The van der Waals surface area contributed by atoms with Gasteiger partial charge in [0.2, 0.25) is 0 Å². The molecule has 0 amide bonds. The van der Waals surface area contributed by atoms with Crippen LogP contribution in [0.4, 0.5) is 0 Å². The summed E-state index contributed by atoms with van der Waals surface area (Å²) >= 11 is 0. The molecule has 0 heterocycles. The average Bonchev–Trinajstić information content (AvgIpc) is 2.86. The van der Waals surface area contributed by atoms with Crippen molar-refractivity contribution in [2.75, 3.05) is 20.3 Å². The highest BCUT2D eigenvalue weighted by atomic mass is 16.5. The van der Waals surface area contributed by atoms with E-state index in [-0.39, 0.29) is 0 Å². The van der Waals surface area contributed by atoms with Gasteiger partial charge in [0.25, 0.3) is 0 Å². The maximum Gasteiger partial charge on any atom is 0.0618 e. The molecule has 0 bridgehead atoms. The third-order valence-electron chi connectivity index (χ3n) is 2.17. The van der Waals surface area contributed by atoms with E-state index in [1.165, 1.54) is 12.8 Å². The summed E-state index contributed by atoms with van der Waals surface area (Å²) in [4.78, 5) is 0. The normalized spacial score (nSPS) is 18.2. The largest absolute Gasteiger partial charge is 0.383 e. The fourth-order valence-electron chi connectivity index (χ4n) is 1.31. The Bertz CT molecular complexity index is 176. The van der Waals surface area contributed by atoms with Crippen LogP contribution >= 0.6 is 0 Å². The standard InChI is InChI=1S/C10H17NO/c1-3-4-7-11-10(8-12-2)9-5-6-9/h9-11H,5-8H2,1-2H3. The first-order valence-corrected chi connectivity index (χ1v) is 4.50.